The van der Waals surface area contributed by atoms with Crippen molar-refractivity contribution in [3.63, 3.8) is 0 Å². The van der Waals surface area contributed by atoms with Crippen LogP contribution < -0.4 is 5.32 Å². The highest BCUT2D eigenvalue weighted by Gasteiger charge is 2.05. The van der Waals surface area contributed by atoms with Gasteiger partial charge in [0.2, 0.25) is 0 Å². The molecule has 0 radical (unpaired) electrons. The Labute approximate surface area is 128 Å². The summed E-state index contributed by atoms with van der Waals surface area (Å²) in [6.45, 7) is 3.92. The van der Waals surface area contributed by atoms with E-state index in [4.69, 9.17) is 10.7 Å². The van der Waals surface area contributed by atoms with E-state index < -0.39 is 0 Å². The van der Waals surface area contributed by atoms with Crippen molar-refractivity contribution in [2.75, 3.05) is 5.32 Å². The molecule has 1 aromatic carbocycles. The predicted molar refractivity (Wildman–Crippen MR) is 83.2 cm³/mol. The molecule has 0 aliphatic heterocycles. The van der Waals surface area contributed by atoms with Gasteiger partial charge in [0.1, 0.15) is 11.9 Å². The number of nitriles is 1. The summed E-state index contributed by atoms with van der Waals surface area (Å²) in [4.78, 5) is 3.95. The van der Waals surface area contributed by atoms with E-state index in [1.807, 2.05) is 13.0 Å². The van der Waals surface area contributed by atoms with Gasteiger partial charge in [0, 0.05) is 23.3 Å². The molecule has 0 aliphatic rings. The van der Waals surface area contributed by atoms with E-state index >= 15 is 0 Å². The molecule has 0 bridgehead atoms. The van der Waals surface area contributed by atoms with Crippen molar-refractivity contribution in [1.29, 1.82) is 10.7 Å². The first kappa shape index (κ1) is 15.4. The number of anilines is 1. The normalized spacial score (nSPS) is 11.1. The Kier molecular flexibility index (Phi) is 4.69. The molecule has 1 heterocycles. The summed E-state index contributed by atoms with van der Waals surface area (Å²) in [5.74, 6) is -0.287. The SMILES string of the molecule is CC(=N)/C=C(/Cn1cnc(C#N)c1)Nc1ccc(F)cc1C. The summed E-state index contributed by atoms with van der Waals surface area (Å²) in [7, 11) is 0. The van der Waals surface area contributed by atoms with E-state index in [0.29, 0.717) is 18.0 Å². The molecule has 0 saturated carbocycles. The van der Waals surface area contributed by atoms with Gasteiger partial charge >= 0.3 is 0 Å². The smallest absolute Gasteiger partial charge is 0.158 e. The zero-order chi connectivity index (χ0) is 16.1. The van der Waals surface area contributed by atoms with E-state index in [9.17, 15) is 4.39 Å². The van der Waals surface area contributed by atoms with Gasteiger partial charge in [-0.2, -0.15) is 5.26 Å². The molecule has 6 heteroatoms. The fourth-order valence-electron chi connectivity index (χ4n) is 2.02. The number of halogens is 1. The van der Waals surface area contributed by atoms with Crippen LogP contribution in [0.25, 0.3) is 0 Å². The number of aryl methyl sites for hydroxylation is 1. The Morgan fingerprint density at radius 3 is 2.91 bits per heavy atom. The van der Waals surface area contributed by atoms with Crippen LogP contribution in [-0.4, -0.2) is 15.3 Å². The van der Waals surface area contributed by atoms with Gasteiger partial charge in [0.15, 0.2) is 5.69 Å². The Bertz CT molecular complexity index is 767. The topological polar surface area (TPSA) is 77.5 Å². The third-order valence-corrected chi connectivity index (χ3v) is 2.98. The van der Waals surface area contributed by atoms with E-state index in [0.717, 1.165) is 16.9 Å². The number of benzene rings is 1. The first-order valence-corrected chi connectivity index (χ1v) is 6.68. The zero-order valence-corrected chi connectivity index (χ0v) is 12.4. The lowest BCUT2D eigenvalue weighted by Crippen LogP contribution is -2.10. The number of hydrogen-bond donors (Lipinski definition) is 2. The molecule has 22 heavy (non-hydrogen) atoms. The number of imidazole rings is 1. The van der Waals surface area contributed by atoms with Crippen molar-refractivity contribution in [3.05, 3.63) is 59.6 Å². The van der Waals surface area contributed by atoms with Crippen LogP contribution >= 0.6 is 0 Å². The van der Waals surface area contributed by atoms with Gasteiger partial charge in [-0.05, 0) is 43.7 Å². The Morgan fingerprint density at radius 1 is 1.55 bits per heavy atom. The van der Waals surface area contributed by atoms with Gasteiger partial charge in [-0.15, -0.1) is 0 Å². The maximum atomic E-state index is 13.2. The highest BCUT2D eigenvalue weighted by molar-refractivity contribution is 5.91. The molecule has 0 spiro atoms. The second-order valence-electron chi connectivity index (χ2n) is 4.98. The van der Waals surface area contributed by atoms with Crippen LogP contribution in [0.2, 0.25) is 0 Å². The predicted octanol–water partition coefficient (Wildman–Crippen LogP) is 3.24. The standard InChI is InChI=1S/C16H16FN5/c1-11-5-13(17)3-4-16(11)21-14(6-12(2)19)8-22-9-15(7-18)20-10-22/h3-6,9-10,19,21H,8H2,1-2H3/b14-6-,19-12?. The molecule has 0 aliphatic carbocycles. The summed E-state index contributed by atoms with van der Waals surface area (Å²) in [6.07, 6.45) is 4.88. The molecular weight excluding hydrogens is 281 g/mol. The maximum absolute atomic E-state index is 13.2. The van der Waals surface area contributed by atoms with Crippen molar-refractivity contribution in [3.8, 4) is 6.07 Å². The van der Waals surface area contributed by atoms with E-state index in [2.05, 4.69) is 10.3 Å². The average Bonchev–Trinajstić information content (AvgIpc) is 2.89. The monoisotopic (exact) mass is 297 g/mol. The van der Waals surface area contributed by atoms with Gasteiger partial charge in [0.05, 0.1) is 12.9 Å². The number of hydrogen-bond acceptors (Lipinski definition) is 4. The van der Waals surface area contributed by atoms with Crippen molar-refractivity contribution in [1.82, 2.24) is 9.55 Å². The van der Waals surface area contributed by atoms with E-state index in [1.54, 1.807) is 36.2 Å². The number of nitrogens with one attached hydrogen (secondary N) is 2. The molecule has 1 aromatic heterocycles. The second kappa shape index (κ2) is 6.68. The summed E-state index contributed by atoms with van der Waals surface area (Å²) in [6, 6.07) is 6.46. The van der Waals surface area contributed by atoms with Crippen LogP contribution in [0.5, 0.6) is 0 Å². The van der Waals surface area contributed by atoms with Crippen molar-refractivity contribution in [2.45, 2.75) is 20.4 Å². The van der Waals surface area contributed by atoms with Gasteiger partial charge in [-0.1, -0.05) is 0 Å². The Balaban J connectivity index is 2.23. The minimum absolute atomic E-state index is 0.287. The minimum atomic E-state index is -0.287. The fraction of sp³-hybridized carbons (Fsp3) is 0.188. The van der Waals surface area contributed by atoms with Crippen molar-refractivity contribution in [2.24, 2.45) is 0 Å². The van der Waals surface area contributed by atoms with Crippen molar-refractivity contribution < 1.29 is 4.39 Å². The van der Waals surface area contributed by atoms with E-state index in [-0.39, 0.29) is 5.82 Å². The molecule has 0 amide bonds. The molecule has 0 atom stereocenters. The first-order valence-electron chi connectivity index (χ1n) is 6.68. The van der Waals surface area contributed by atoms with Crippen molar-refractivity contribution >= 4 is 11.4 Å². The minimum Gasteiger partial charge on any atom is -0.357 e. The average molecular weight is 297 g/mol. The first-order chi connectivity index (χ1) is 10.5. The summed E-state index contributed by atoms with van der Waals surface area (Å²) in [5, 5.41) is 19.6. The molecule has 5 nitrogen and oxygen atoms in total. The lowest BCUT2D eigenvalue weighted by Gasteiger charge is -2.14. The van der Waals surface area contributed by atoms with Gasteiger partial charge in [-0.3, -0.25) is 0 Å². The lowest BCUT2D eigenvalue weighted by atomic mass is 10.2. The molecular formula is C16H16FN5. The van der Waals surface area contributed by atoms with Crippen LogP contribution in [-0.2, 0) is 6.54 Å². The third kappa shape index (κ3) is 4.03. The molecule has 0 saturated heterocycles. The quantitative estimate of drug-likeness (QED) is 0.832. The fourth-order valence-corrected chi connectivity index (χ4v) is 2.02. The Hall–Kier alpha value is -2.94. The maximum Gasteiger partial charge on any atom is 0.158 e. The van der Waals surface area contributed by atoms with E-state index in [1.165, 1.54) is 12.1 Å². The summed E-state index contributed by atoms with van der Waals surface area (Å²) >= 11 is 0. The highest BCUT2D eigenvalue weighted by atomic mass is 19.1. The largest absolute Gasteiger partial charge is 0.357 e. The van der Waals surface area contributed by atoms with Crippen LogP contribution in [0.1, 0.15) is 18.2 Å². The van der Waals surface area contributed by atoms with Gasteiger partial charge < -0.3 is 15.3 Å². The molecule has 2 rings (SSSR count). The van der Waals surface area contributed by atoms with Crippen LogP contribution in [0, 0.1) is 29.5 Å². The van der Waals surface area contributed by atoms with Crippen LogP contribution in [0.4, 0.5) is 10.1 Å². The van der Waals surface area contributed by atoms with Crippen LogP contribution in [0.3, 0.4) is 0 Å². The van der Waals surface area contributed by atoms with Gasteiger partial charge in [0.25, 0.3) is 0 Å². The summed E-state index contributed by atoms with van der Waals surface area (Å²) < 4.78 is 14.9. The molecule has 2 N–H and O–H groups in total. The zero-order valence-electron chi connectivity index (χ0n) is 12.4. The number of rotatable bonds is 5. The molecule has 0 fully saturated rings. The third-order valence-electron chi connectivity index (χ3n) is 2.98. The van der Waals surface area contributed by atoms with Crippen LogP contribution in [0.15, 0.2) is 42.5 Å². The lowest BCUT2D eigenvalue weighted by molar-refractivity contribution is 0.627. The highest BCUT2D eigenvalue weighted by Crippen LogP contribution is 2.18. The molecule has 2 aromatic rings. The summed E-state index contributed by atoms with van der Waals surface area (Å²) in [5.41, 5.74) is 3.03. The Morgan fingerprint density at radius 2 is 2.32 bits per heavy atom. The van der Waals surface area contributed by atoms with Gasteiger partial charge in [-0.25, -0.2) is 9.37 Å². The number of nitrogens with zero attached hydrogens (tertiary/aromatic N) is 3. The number of allylic oxidation sites excluding steroid dienone is 2. The molecule has 0 unspecified atom stereocenters. The molecule has 112 valence electrons. The second-order valence-corrected chi connectivity index (χ2v) is 4.98. The number of aromatic nitrogens is 2.